The molecule has 0 aromatic heterocycles. The maximum absolute atomic E-state index is 13.3. The molecule has 0 saturated heterocycles. The summed E-state index contributed by atoms with van der Waals surface area (Å²) < 4.78 is 13.3. The zero-order chi connectivity index (χ0) is 14.1. The van der Waals surface area contributed by atoms with E-state index in [1.54, 1.807) is 30.3 Å². The third kappa shape index (κ3) is 2.12. The molecule has 0 fully saturated rings. The molecule has 1 amide bonds. The van der Waals surface area contributed by atoms with E-state index in [2.05, 4.69) is 5.32 Å². The van der Waals surface area contributed by atoms with E-state index in [9.17, 15) is 14.0 Å². The normalized spacial score (nSPS) is 15.1. The number of hydrogen-bond donors (Lipinski definition) is 1. The summed E-state index contributed by atoms with van der Waals surface area (Å²) in [6.07, 6.45) is 1.25. The molecule has 1 aliphatic heterocycles. The topological polar surface area (TPSA) is 46.2 Å². The van der Waals surface area contributed by atoms with Gasteiger partial charge in [-0.15, -0.1) is 0 Å². The fraction of sp³-hybridized carbons (Fsp3) is 0. The Bertz CT molecular complexity index is 735. The lowest BCUT2D eigenvalue weighted by Crippen LogP contribution is -2.05. The molecular formula is C16H10FNO2. The van der Waals surface area contributed by atoms with Crippen LogP contribution in [-0.2, 0) is 4.79 Å². The number of allylic oxidation sites excluding steroid dienone is 1. The molecule has 0 bridgehead atoms. The standard InChI is InChI=1S/C16H10FNO2/c17-11-6-7-14-12(8-11)13(16(20)18-14)9-15(19)10-4-2-1-3-5-10/h1-9H,(H,18,20). The van der Waals surface area contributed by atoms with Crippen LogP contribution >= 0.6 is 0 Å². The molecular weight excluding hydrogens is 257 g/mol. The number of amides is 1. The van der Waals surface area contributed by atoms with E-state index in [4.69, 9.17) is 0 Å². The fourth-order valence-corrected chi connectivity index (χ4v) is 2.12. The van der Waals surface area contributed by atoms with Gasteiger partial charge in [0.2, 0.25) is 0 Å². The van der Waals surface area contributed by atoms with Gasteiger partial charge in [0, 0.05) is 16.8 Å². The Kier molecular flexibility index (Phi) is 2.91. The second kappa shape index (κ2) is 4.74. The molecule has 1 heterocycles. The van der Waals surface area contributed by atoms with E-state index in [0.717, 1.165) is 0 Å². The van der Waals surface area contributed by atoms with Crippen LogP contribution in [0.5, 0.6) is 0 Å². The number of anilines is 1. The zero-order valence-electron chi connectivity index (χ0n) is 10.4. The minimum absolute atomic E-state index is 0.188. The van der Waals surface area contributed by atoms with Crippen LogP contribution in [-0.4, -0.2) is 11.7 Å². The number of hydrogen-bond acceptors (Lipinski definition) is 2. The van der Waals surface area contributed by atoms with Crippen LogP contribution in [0, 0.1) is 5.82 Å². The van der Waals surface area contributed by atoms with Crippen molar-refractivity contribution >= 4 is 23.0 Å². The molecule has 0 aliphatic carbocycles. The van der Waals surface area contributed by atoms with Crippen LogP contribution in [0.3, 0.4) is 0 Å². The van der Waals surface area contributed by atoms with Crippen LogP contribution in [0.25, 0.3) is 5.57 Å². The zero-order valence-corrected chi connectivity index (χ0v) is 10.4. The first-order valence-corrected chi connectivity index (χ1v) is 6.07. The fourth-order valence-electron chi connectivity index (χ4n) is 2.12. The number of nitrogens with one attached hydrogen (secondary N) is 1. The lowest BCUT2D eigenvalue weighted by atomic mass is 10.0. The molecule has 0 atom stereocenters. The Labute approximate surface area is 114 Å². The first-order chi connectivity index (χ1) is 9.65. The summed E-state index contributed by atoms with van der Waals surface area (Å²) in [6, 6.07) is 12.6. The monoisotopic (exact) mass is 267 g/mol. The van der Waals surface area contributed by atoms with Gasteiger partial charge < -0.3 is 5.32 Å². The number of carbonyl (C=O) groups is 2. The van der Waals surface area contributed by atoms with Crippen molar-refractivity contribution in [2.45, 2.75) is 0 Å². The SMILES string of the molecule is O=C1Nc2ccc(F)cc2C1=CC(=O)c1ccccc1. The molecule has 2 aromatic carbocycles. The number of halogens is 1. The number of carbonyl (C=O) groups excluding carboxylic acids is 2. The van der Waals surface area contributed by atoms with E-state index in [0.29, 0.717) is 16.8 Å². The van der Waals surface area contributed by atoms with Crippen LogP contribution < -0.4 is 5.32 Å². The number of benzene rings is 2. The molecule has 3 rings (SSSR count). The summed E-state index contributed by atoms with van der Waals surface area (Å²) in [5.41, 5.74) is 1.61. The Morgan fingerprint density at radius 1 is 1.10 bits per heavy atom. The van der Waals surface area contributed by atoms with Crippen molar-refractivity contribution in [3.8, 4) is 0 Å². The van der Waals surface area contributed by atoms with Crippen LogP contribution in [0.2, 0.25) is 0 Å². The average molecular weight is 267 g/mol. The molecule has 3 nitrogen and oxygen atoms in total. The lowest BCUT2D eigenvalue weighted by molar-refractivity contribution is -0.110. The molecule has 1 N–H and O–H groups in total. The summed E-state index contributed by atoms with van der Waals surface area (Å²) in [7, 11) is 0. The van der Waals surface area contributed by atoms with Gasteiger partial charge in [0.25, 0.3) is 5.91 Å². The molecule has 4 heteroatoms. The highest BCUT2D eigenvalue weighted by Crippen LogP contribution is 2.32. The Morgan fingerprint density at radius 3 is 2.60 bits per heavy atom. The van der Waals surface area contributed by atoms with E-state index < -0.39 is 11.7 Å². The van der Waals surface area contributed by atoms with Gasteiger partial charge in [0.05, 0.1) is 5.57 Å². The second-order valence-electron chi connectivity index (χ2n) is 4.43. The molecule has 1 aliphatic rings. The minimum Gasteiger partial charge on any atom is -0.321 e. The number of fused-ring (bicyclic) bond motifs is 1. The van der Waals surface area contributed by atoms with Crippen molar-refractivity contribution in [2.24, 2.45) is 0 Å². The van der Waals surface area contributed by atoms with Gasteiger partial charge in [-0.2, -0.15) is 0 Å². The van der Waals surface area contributed by atoms with E-state index in [-0.39, 0.29) is 11.4 Å². The first kappa shape index (κ1) is 12.3. The predicted molar refractivity (Wildman–Crippen MR) is 73.8 cm³/mol. The number of rotatable bonds is 2. The largest absolute Gasteiger partial charge is 0.321 e. The highest BCUT2D eigenvalue weighted by Gasteiger charge is 2.25. The maximum atomic E-state index is 13.3. The molecule has 0 saturated carbocycles. The second-order valence-corrected chi connectivity index (χ2v) is 4.43. The van der Waals surface area contributed by atoms with Crippen molar-refractivity contribution < 1.29 is 14.0 Å². The van der Waals surface area contributed by atoms with Crippen LogP contribution in [0.1, 0.15) is 15.9 Å². The van der Waals surface area contributed by atoms with Crippen LogP contribution in [0.4, 0.5) is 10.1 Å². The van der Waals surface area contributed by atoms with Gasteiger partial charge in [-0.3, -0.25) is 9.59 Å². The van der Waals surface area contributed by atoms with Crippen molar-refractivity contribution in [1.82, 2.24) is 0 Å². The molecule has 0 unspecified atom stereocenters. The quantitative estimate of drug-likeness (QED) is 0.671. The van der Waals surface area contributed by atoms with E-state index >= 15 is 0 Å². The molecule has 0 radical (unpaired) electrons. The van der Waals surface area contributed by atoms with Crippen molar-refractivity contribution in [3.63, 3.8) is 0 Å². The Morgan fingerprint density at radius 2 is 1.85 bits per heavy atom. The summed E-state index contributed by atoms with van der Waals surface area (Å²) in [5.74, 6) is -1.12. The molecule has 20 heavy (non-hydrogen) atoms. The molecule has 2 aromatic rings. The van der Waals surface area contributed by atoms with Gasteiger partial charge in [0.1, 0.15) is 5.82 Å². The van der Waals surface area contributed by atoms with Crippen molar-refractivity contribution in [2.75, 3.05) is 5.32 Å². The third-order valence-electron chi connectivity index (χ3n) is 3.10. The van der Waals surface area contributed by atoms with Gasteiger partial charge in [0.15, 0.2) is 5.78 Å². The summed E-state index contributed by atoms with van der Waals surface area (Å²) in [5, 5.41) is 2.61. The van der Waals surface area contributed by atoms with Crippen molar-refractivity contribution in [1.29, 1.82) is 0 Å². The van der Waals surface area contributed by atoms with Crippen molar-refractivity contribution in [3.05, 3.63) is 71.6 Å². The summed E-state index contributed by atoms with van der Waals surface area (Å²) in [6.45, 7) is 0. The first-order valence-electron chi connectivity index (χ1n) is 6.07. The Hall–Kier alpha value is -2.75. The lowest BCUT2D eigenvalue weighted by Gasteiger charge is -1.99. The summed E-state index contributed by atoms with van der Waals surface area (Å²) >= 11 is 0. The van der Waals surface area contributed by atoms with E-state index in [1.165, 1.54) is 24.3 Å². The summed E-state index contributed by atoms with van der Waals surface area (Å²) in [4.78, 5) is 23.9. The van der Waals surface area contributed by atoms with Crippen LogP contribution in [0.15, 0.2) is 54.6 Å². The predicted octanol–water partition coefficient (Wildman–Crippen LogP) is 3.04. The maximum Gasteiger partial charge on any atom is 0.256 e. The van der Waals surface area contributed by atoms with Gasteiger partial charge in [-0.05, 0) is 24.3 Å². The Balaban J connectivity index is 2.03. The smallest absolute Gasteiger partial charge is 0.256 e. The molecule has 98 valence electrons. The van der Waals surface area contributed by atoms with Gasteiger partial charge in [-0.1, -0.05) is 30.3 Å². The molecule has 0 spiro atoms. The minimum atomic E-state index is -0.446. The average Bonchev–Trinajstić information content (AvgIpc) is 2.76. The highest BCUT2D eigenvalue weighted by atomic mass is 19.1. The third-order valence-corrected chi connectivity index (χ3v) is 3.10. The van der Waals surface area contributed by atoms with Gasteiger partial charge in [-0.25, -0.2) is 4.39 Å². The highest BCUT2D eigenvalue weighted by molar-refractivity contribution is 6.35. The number of ketones is 1. The van der Waals surface area contributed by atoms with Gasteiger partial charge >= 0.3 is 0 Å². The van der Waals surface area contributed by atoms with E-state index in [1.807, 2.05) is 0 Å².